The van der Waals surface area contributed by atoms with Crippen molar-refractivity contribution in [2.75, 3.05) is 6.26 Å². The average Bonchev–Trinajstić information content (AvgIpc) is 2.46. The van der Waals surface area contributed by atoms with Gasteiger partial charge in [-0.1, -0.05) is 12.1 Å². The molecule has 0 saturated carbocycles. The number of aromatic nitrogens is 2. The lowest BCUT2D eigenvalue weighted by Crippen LogP contribution is -1.88. The maximum atomic E-state index is 11.0. The number of aromatic amines is 1. The van der Waals surface area contributed by atoms with Gasteiger partial charge in [-0.3, -0.25) is 4.21 Å². The standard InChI is InChI=1S/C8H8N2OS/c1-12(11)8-9-6-4-2-3-5-7(6)10-8/h2-5H,1H3,(H,9,10)/t12-/m1/s1. The minimum Gasteiger partial charge on any atom is -0.331 e. The van der Waals surface area contributed by atoms with Crippen molar-refractivity contribution in [3.63, 3.8) is 0 Å². The molecule has 0 bridgehead atoms. The molecule has 62 valence electrons. The zero-order valence-electron chi connectivity index (χ0n) is 6.57. The highest BCUT2D eigenvalue weighted by atomic mass is 32.2. The first-order valence-corrected chi connectivity index (χ1v) is 5.11. The van der Waals surface area contributed by atoms with Gasteiger partial charge in [-0.25, -0.2) is 4.98 Å². The lowest BCUT2D eigenvalue weighted by Gasteiger charge is -1.83. The number of H-pyrrole nitrogens is 1. The van der Waals surface area contributed by atoms with Crippen LogP contribution in [0.1, 0.15) is 0 Å². The molecular formula is C8H8N2OS. The number of rotatable bonds is 1. The predicted octanol–water partition coefficient (Wildman–Crippen LogP) is 1.30. The highest BCUT2D eigenvalue weighted by Gasteiger charge is 2.03. The number of nitrogens with zero attached hydrogens (tertiary/aromatic N) is 1. The summed E-state index contributed by atoms with van der Waals surface area (Å²) in [6.45, 7) is 0. The fraction of sp³-hybridized carbons (Fsp3) is 0.125. The Hall–Kier alpha value is -1.16. The Labute approximate surface area is 72.3 Å². The van der Waals surface area contributed by atoms with Crippen LogP contribution in [-0.2, 0) is 10.8 Å². The molecule has 0 radical (unpaired) electrons. The van der Waals surface area contributed by atoms with E-state index in [0.717, 1.165) is 11.0 Å². The van der Waals surface area contributed by atoms with Crippen LogP contribution in [-0.4, -0.2) is 20.4 Å². The van der Waals surface area contributed by atoms with Crippen LogP contribution in [0.15, 0.2) is 29.4 Å². The smallest absolute Gasteiger partial charge is 0.197 e. The van der Waals surface area contributed by atoms with E-state index in [1.54, 1.807) is 6.26 Å². The van der Waals surface area contributed by atoms with Crippen molar-refractivity contribution < 1.29 is 4.21 Å². The third-order valence-electron chi connectivity index (χ3n) is 1.64. The van der Waals surface area contributed by atoms with E-state index < -0.39 is 10.8 Å². The molecule has 1 atom stereocenters. The summed E-state index contributed by atoms with van der Waals surface area (Å²) >= 11 is 0. The Morgan fingerprint density at radius 2 is 2.17 bits per heavy atom. The average molecular weight is 180 g/mol. The molecule has 3 nitrogen and oxygen atoms in total. The van der Waals surface area contributed by atoms with E-state index in [-0.39, 0.29) is 0 Å². The van der Waals surface area contributed by atoms with E-state index in [4.69, 9.17) is 0 Å². The highest BCUT2D eigenvalue weighted by molar-refractivity contribution is 7.84. The first kappa shape index (κ1) is 7.49. The Bertz CT molecular complexity index is 402. The van der Waals surface area contributed by atoms with E-state index >= 15 is 0 Å². The van der Waals surface area contributed by atoms with Gasteiger partial charge >= 0.3 is 0 Å². The van der Waals surface area contributed by atoms with Crippen LogP contribution in [0.3, 0.4) is 0 Å². The van der Waals surface area contributed by atoms with Gasteiger partial charge in [0, 0.05) is 6.26 Å². The second-order valence-electron chi connectivity index (χ2n) is 2.51. The van der Waals surface area contributed by atoms with Gasteiger partial charge in [-0.15, -0.1) is 0 Å². The summed E-state index contributed by atoms with van der Waals surface area (Å²) in [4.78, 5) is 7.14. The van der Waals surface area contributed by atoms with Gasteiger partial charge < -0.3 is 4.98 Å². The van der Waals surface area contributed by atoms with E-state index in [0.29, 0.717) is 5.16 Å². The molecule has 1 aromatic carbocycles. The maximum absolute atomic E-state index is 11.0. The van der Waals surface area contributed by atoms with Crippen LogP contribution >= 0.6 is 0 Å². The molecule has 12 heavy (non-hydrogen) atoms. The summed E-state index contributed by atoms with van der Waals surface area (Å²) in [6, 6.07) is 7.63. The lowest BCUT2D eigenvalue weighted by atomic mass is 10.3. The molecule has 0 fully saturated rings. The van der Waals surface area contributed by atoms with Crippen LogP contribution in [0.5, 0.6) is 0 Å². The minimum atomic E-state index is -1.03. The molecule has 2 rings (SSSR count). The zero-order chi connectivity index (χ0) is 8.55. The van der Waals surface area contributed by atoms with Gasteiger partial charge in [0.05, 0.1) is 21.8 Å². The molecule has 0 spiro atoms. The topological polar surface area (TPSA) is 45.8 Å². The van der Waals surface area contributed by atoms with E-state index in [1.165, 1.54) is 0 Å². The monoisotopic (exact) mass is 180 g/mol. The molecule has 4 heteroatoms. The summed E-state index contributed by atoms with van der Waals surface area (Å²) in [6.07, 6.45) is 1.61. The molecule has 0 unspecified atom stereocenters. The van der Waals surface area contributed by atoms with E-state index in [2.05, 4.69) is 9.97 Å². The number of imidazole rings is 1. The van der Waals surface area contributed by atoms with Crippen LogP contribution < -0.4 is 0 Å². The second kappa shape index (κ2) is 2.71. The van der Waals surface area contributed by atoms with E-state index in [9.17, 15) is 4.21 Å². The van der Waals surface area contributed by atoms with Gasteiger partial charge in [0.2, 0.25) is 0 Å². The van der Waals surface area contributed by atoms with Crippen LogP contribution in [0, 0.1) is 0 Å². The first-order valence-electron chi connectivity index (χ1n) is 3.55. The summed E-state index contributed by atoms with van der Waals surface area (Å²) in [7, 11) is -1.03. The van der Waals surface area contributed by atoms with Crippen molar-refractivity contribution in [3.05, 3.63) is 24.3 Å². The number of hydrogen-bond donors (Lipinski definition) is 1. The summed E-state index contributed by atoms with van der Waals surface area (Å²) in [5.41, 5.74) is 1.80. The Kier molecular flexibility index (Phi) is 1.69. The second-order valence-corrected chi connectivity index (χ2v) is 3.81. The van der Waals surface area contributed by atoms with Crippen molar-refractivity contribution >= 4 is 21.8 Å². The summed E-state index contributed by atoms with van der Waals surface area (Å²) < 4.78 is 11.0. The largest absolute Gasteiger partial charge is 0.331 e. The first-order chi connectivity index (χ1) is 5.77. The van der Waals surface area contributed by atoms with Crippen LogP contribution in [0.4, 0.5) is 0 Å². The van der Waals surface area contributed by atoms with Crippen molar-refractivity contribution in [2.24, 2.45) is 0 Å². The Balaban J connectivity index is 2.70. The van der Waals surface area contributed by atoms with Gasteiger partial charge in [0.15, 0.2) is 5.16 Å². The number of hydrogen-bond acceptors (Lipinski definition) is 2. The van der Waals surface area contributed by atoms with E-state index in [1.807, 2.05) is 24.3 Å². The molecule has 0 saturated heterocycles. The SMILES string of the molecule is C[S@@](=O)c1nc2ccccc2[nH]1. The lowest BCUT2D eigenvalue weighted by molar-refractivity contribution is 0.682. The molecule has 2 aromatic rings. The molecule has 1 heterocycles. The normalized spacial score (nSPS) is 13.4. The van der Waals surface area contributed by atoms with Crippen LogP contribution in [0.2, 0.25) is 0 Å². The predicted molar refractivity (Wildman–Crippen MR) is 48.4 cm³/mol. The van der Waals surface area contributed by atoms with Crippen molar-refractivity contribution in [2.45, 2.75) is 5.16 Å². The zero-order valence-corrected chi connectivity index (χ0v) is 7.39. The molecule has 1 N–H and O–H groups in total. The minimum absolute atomic E-state index is 0.538. The number of nitrogens with one attached hydrogen (secondary N) is 1. The highest BCUT2D eigenvalue weighted by Crippen LogP contribution is 2.11. The number of fused-ring (bicyclic) bond motifs is 1. The molecule has 1 aromatic heterocycles. The van der Waals surface area contributed by atoms with Crippen molar-refractivity contribution in [1.29, 1.82) is 0 Å². The van der Waals surface area contributed by atoms with Gasteiger partial charge in [-0.2, -0.15) is 0 Å². The number of para-hydroxylation sites is 2. The van der Waals surface area contributed by atoms with Gasteiger partial charge in [-0.05, 0) is 12.1 Å². The maximum Gasteiger partial charge on any atom is 0.197 e. The quantitative estimate of drug-likeness (QED) is 0.719. The Morgan fingerprint density at radius 3 is 2.83 bits per heavy atom. The third-order valence-corrected chi connectivity index (χ3v) is 2.38. The Morgan fingerprint density at radius 1 is 1.42 bits per heavy atom. The summed E-state index contributed by atoms with van der Waals surface area (Å²) in [5.74, 6) is 0. The third kappa shape index (κ3) is 1.14. The molecular weight excluding hydrogens is 172 g/mol. The number of benzene rings is 1. The fourth-order valence-corrected chi connectivity index (χ4v) is 1.55. The van der Waals surface area contributed by atoms with Crippen molar-refractivity contribution in [1.82, 2.24) is 9.97 Å². The molecule has 0 aliphatic heterocycles. The summed E-state index contributed by atoms with van der Waals surface area (Å²) in [5, 5.41) is 0.538. The van der Waals surface area contributed by atoms with Gasteiger partial charge in [0.25, 0.3) is 0 Å². The van der Waals surface area contributed by atoms with Crippen molar-refractivity contribution in [3.8, 4) is 0 Å². The molecule has 0 aliphatic carbocycles. The molecule has 0 aliphatic rings. The van der Waals surface area contributed by atoms with Gasteiger partial charge in [0.1, 0.15) is 0 Å². The van der Waals surface area contributed by atoms with Crippen LogP contribution in [0.25, 0.3) is 11.0 Å². The fourth-order valence-electron chi connectivity index (χ4n) is 1.07. The molecule has 0 amide bonds.